The zero-order valence-corrected chi connectivity index (χ0v) is 17.2. The normalized spacial score (nSPS) is 18.9. The second kappa shape index (κ2) is 10.0. The molecule has 0 aromatic heterocycles. The molecule has 1 aromatic carbocycles. The maximum atomic E-state index is 12.4. The Morgan fingerprint density at radius 2 is 1.57 bits per heavy atom. The molecule has 7 nitrogen and oxygen atoms in total. The van der Waals surface area contributed by atoms with Crippen molar-refractivity contribution in [2.45, 2.75) is 20.3 Å². The van der Waals surface area contributed by atoms with Crippen LogP contribution in [0.25, 0.3) is 0 Å². The fourth-order valence-electron chi connectivity index (χ4n) is 3.89. The van der Waals surface area contributed by atoms with Crippen LogP contribution in [0.4, 0.5) is 5.69 Å². The van der Waals surface area contributed by atoms with E-state index in [1.54, 1.807) is 0 Å². The van der Waals surface area contributed by atoms with E-state index in [0.717, 1.165) is 75.7 Å². The number of hydrogen-bond donors (Lipinski definition) is 2. The van der Waals surface area contributed by atoms with Gasteiger partial charge in [0.15, 0.2) is 0 Å². The summed E-state index contributed by atoms with van der Waals surface area (Å²) in [5, 5.41) is 6.34. The SMILES string of the molecule is Cc1cccc(C)c1NC(=O)CN1CCN(CCC(=O)N2CCNCC2)CC1. The summed E-state index contributed by atoms with van der Waals surface area (Å²) in [6, 6.07) is 6.04. The molecule has 0 unspecified atom stereocenters. The van der Waals surface area contributed by atoms with Gasteiger partial charge in [-0.25, -0.2) is 0 Å². The number of carbonyl (C=O) groups excluding carboxylic acids is 2. The highest BCUT2D eigenvalue weighted by Crippen LogP contribution is 2.19. The Bertz CT molecular complexity index is 659. The van der Waals surface area contributed by atoms with Gasteiger partial charge >= 0.3 is 0 Å². The largest absolute Gasteiger partial charge is 0.340 e. The van der Waals surface area contributed by atoms with Crippen LogP contribution in [0.15, 0.2) is 18.2 Å². The molecule has 2 heterocycles. The molecule has 2 saturated heterocycles. The standard InChI is InChI=1S/C21H33N5O2/c1-17-4-3-5-18(2)21(17)23-19(27)16-25-14-12-24(13-15-25)9-6-20(28)26-10-7-22-8-11-26/h3-5,22H,6-16H2,1-2H3,(H,23,27). The molecule has 2 aliphatic rings. The molecular weight excluding hydrogens is 354 g/mol. The summed E-state index contributed by atoms with van der Waals surface area (Å²) in [5.41, 5.74) is 3.11. The minimum atomic E-state index is 0.0414. The van der Waals surface area contributed by atoms with Gasteiger partial charge in [0.05, 0.1) is 6.54 Å². The molecule has 28 heavy (non-hydrogen) atoms. The first-order valence-electron chi connectivity index (χ1n) is 10.3. The van der Waals surface area contributed by atoms with E-state index in [9.17, 15) is 9.59 Å². The number of para-hydroxylation sites is 1. The van der Waals surface area contributed by atoms with Crippen LogP contribution >= 0.6 is 0 Å². The van der Waals surface area contributed by atoms with Crippen LogP contribution in [-0.4, -0.2) is 92.0 Å². The molecule has 154 valence electrons. The average molecular weight is 388 g/mol. The first kappa shape index (κ1) is 20.8. The van der Waals surface area contributed by atoms with Crippen molar-refractivity contribution in [2.75, 3.05) is 70.8 Å². The topological polar surface area (TPSA) is 67.9 Å². The second-order valence-electron chi connectivity index (χ2n) is 7.81. The number of anilines is 1. The molecule has 0 radical (unpaired) electrons. The fraction of sp³-hybridized carbons (Fsp3) is 0.619. The number of hydrogen-bond acceptors (Lipinski definition) is 5. The average Bonchev–Trinajstić information content (AvgIpc) is 2.71. The van der Waals surface area contributed by atoms with Gasteiger partial charge in [0, 0.05) is 71.0 Å². The van der Waals surface area contributed by atoms with E-state index in [-0.39, 0.29) is 11.8 Å². The zero-order chi connectivity index (χ0) is 19.9. The summed E-state index contributed by atoms with van der Waals surface area (Å²) < 4.78 is 0. The number of carbonyl (C=O) groups is 2. The lowest BCUT2D eigenvalue weighted by molar-refractivity contribution is -0.132. The van der Waals surface area contributed by atoms with E-state index in [2.05, 4.69) is 20.4 Å². The van der Waals surface area contributed by atoms with Gasteiger partial charge in [-0.2, -0.15) is 0 Å². The van der Waals surface area contributed by atoms with Crippen molar-refractivity contribution in [1.82, 2.24) is 20.0 Å². The highest BCUT2D eigenvalue weighted by Gasteiger charge is 2.21. The van der Waals surface area contributed by atoms with Crippen molar-refractivity contribution in [3.63, 3.8) is 0 Å². The van der Waals surface area contributed by atoms with Crippen LogP contribution in [0, 0.1) is 13.8 Å². The Kier molecular flexibility index (Phi) is 7.42. The van der Waals surface area contributed by atoms with Crippen LogP contribution in [0.3, 0.4) is 0 Å². The summed E-state index contributed by atoms with van der Waals surface area (Å²) in [6.07, 6.45) is 0.590. The van der Waals surface area contributed by atoms with Gasteiger partial charge in [0.2, 0.25) is 11.8 Å². The third-order valence-electron chi connectivity index (χ3n) is 5.69. The van der Waals surface area contributed by atoms with Crippen molar-refractivity contribution in [1.29, 1.82) is 0 Å². The quantitative estimate of drug-likeness (QED) is 0.752. The Hall–Kier alpha value is -1.96. The predicted molar refractivity (Wildman–Crippen MR) is 111 cm³/mol. The van der Waals surface area contributed by atoms with E-state index in [0.29, 0.717) is 13.0 Å². The zero-order valence-electron chi connectivity index (χ0n) is 17.2. The molecule has 7 heteroatoms. The van der Waals surface area contributed by atoms with Crippen LogP contribution in [0.1, 0.15) is 17.5 Å². The van der Waals surface area contributed by atoms with Crippen molar-refractivity contribution in [3.8, 4) is 0 Å². The number of amides is 2. The van der Waals surface area contributed by atoms with Gasteiger partial charge in [0.1, 0.15) is 0 Å². The molecule has 0 aliphatic carbocycles. The Balaban J connectivity index is 1.37. The Labute approximate surface area is 168 Å². The molecule has 1 aromatic rings. The molecule has 2 aliphatic heterocycles. The van der Waals surface area contributed by atoms with Crippen LogP contribution in [0.5, 0.6) is 0 Å². The van der Waals surface area contributed by atoms with Gasteiger partial charge < -0.3 is 20.4 Å². The lowest BCUT2D eigenvalue weighted by atomic mass is 10.1. The number of nitrogens with zero attached hydrogens (tertiary/aromatic N) is 3. The van der Waals surface area contributed by atoms with Gasteiger partial charge in [-0.15, -0.1) is 0 Å². The van der Waals surface area contributed by atoms with Crippen LogP contribution in [-0.2, 0) is 9.59 Å². The summed E-state index contributed by atoms with van der Waals surface area (Å²) >= 11 is 0. The highest BCUT2D eigenvalue weighted by atomic mass is 16.2. The van der Waals surface area contributed by atoms with E-state index in [1.165, 1.54) is 0 Å². The van der Waals surface area contributed by atoms with Gasteiger partial charge in [-0.05, 0) is 25.0 Å². The molecule has 2 N–H and O–H groups in total. The second-order valence-corrected chi connectivity index (χ2v) is 7.81. The highest BCUT2D eigenvalue weighted by molar-refractivity contribution is 5.93. The van der Waals surface area contributed by atoms with E-state index in [1.807, 2.05) is 36.9 Å². The summed E-state index contributed by atoms with van der Waals surface area (Å²) in [6.45, 7) is 12.2. The summed E-state index contributed by atoms with van der Waals surface area (Å²) in [5.74, 6) is 0.302. The van der Waals surface area contributed by atoms with Crippen molar-refractivity contribution >= 4 is 17.5 Å². The summed E-state index contributed by atoms with van der Waals surface area (Å²) in [4.78, 5) is 31.2. The minimum Gasteiger partial charge on any atom is -0.340 e. The lowest BCUT2D eigenvalue weighted by Gasteiger charge is -2.35. The lowest BCUT2D eigenvalue weighted by Crippen LogP contribution is -2.50. The molecule has 0 atom stereocenters. The number of benzene rings is 1. The van der Waals surface area contributed by atoms with Crippen molar-refractivity contribution in [2.24, 2.45) is 0 Å². The van der Waals surface area contributed by atoms with E-state index >= 15 is 0 Å². The molecular formula is C21H33N5O2. The third kappa shape index (κ3) is 5.77. The molecule has 2 fully saturated rings. The maximum absolute atomic E-state index is 12.4. The Morgan fingerprint density at radius 1 is 0.964 bits per heavy atom. The van der Waals surface area contributed by atoms with Gasteiger partial charge in [-0.3, -0.25) is 14.5 Å². The molecule has 2 amide bonds. The van der Waals surface area contributed by atoms with Gasteiger partial charge in [0.25, 0.3) is 0 Å². The number of piperazine rings is 2. The van der Waals surface area contributed by atoms with Crippen LogP contribution < -0.4 is 10.6 Å². The maximum Gasteiger partial charge on any atom is 0.238 e. The number of aryl methyl sites for hydroxylation is 2. The van der Waals surface area contributed by atoms with E-state index < -0.39 is 0 Å². The van der Waals surface area contributed by atoms with Crippen molar-refractivity contribution < 1.29 is 9.59 Å². The minimum absolute atomic E-state index is 0.0414. The van der Waals surface area contributed by atoms with Crippen LogP contribution in [0.2, 0.25) is 0 Å². The third-order valence-corrected chi connectivity index (χ3v) is 5.69. The first-order valence-corrected chi connectivity index (χ1v) is 10.3. The predicted octanol–water partition coefficient (Wildman–Crippen LogP) is 0.681. The summed E-state index contributed by atoms with van der Waals surface area (Å²) in [7, 11) is 0. The number of rotatable bonds is 6. The fourth-order valence-corrected chi connectivity index (χ4v) is 3.89. The first-order chi connectivity index (χ1) is 13.5. The molecule has 0 bridgehead atoms. The van der Waals surface area contributed by atoms with E-state index in [4.69, 9.17) is 0 Å². The van der Waals surface area contributed by atoms with Gasteiger partial charge in [-0.1, -0.05) is 18.2 Å². The smallest absolute Gasteiger partial charge is 0.238 e. The number of nitrogens with one attached hydrogen (secondary N) is 2. The Morgan fingerprint density at radius 3 is 2.21 bits per heavy atom. The molecule has 0 saturated carbocycles. The molecule has 0 spiro atoms. The van der Waals surface area contributed by atoms with Crippen molar-refractivity contribution in [3.05, 3.63) is 29.3 Å². The monoisotopic (exact) mass is 387 g/mol. The molecule has 3 rings (SSSR count).